The molecule has 0 atom stereocenters. The first kappa shape index (κ1) is 67.3. The van der Waals surface area contributed by atoms with Gasteiger partial charge in [-0.3, -0.25) is 24.7 Å². The molecule has 8 aromatic rings. The van der Waals surface area contributed by atoms with Crippen molar-refractivity contribution in [1.29, 1.82) is 0 Å². The predicted octanol–water partition coefficient (Wildman–Crippen LogP) is 6.44. The summed E-state index contributed by atoms with van der Waals surface area (Å²) in [6, 6.07) is 0. The molecule has 417 valence electrons. The normalized spacial score (nSPS) is 12.7. The van der Waals surface area contributed by atoms with E-state index in [-0.39, 0.29) is 45.9 Å². The van der Waals surface area contributed by atoms with Crippen molar-refractivity contribution in [3.8, 4) is 23.0 Å². The van der Waals surface area contributed by atoms with Gasteiger partial charge in [-0.05, 0) is 64.5 Å². The number of carbonyl (C=O) groups is 1. The summed E-state index contributed by atoms with van der Waals surface area (Å²) in [5.41, 5.74) is 8.91. The summed E-state index contributed by atoms with van der Waals surface area (Å²) < 4.78 is 27.5. The van der Waals surface area contributed by atoms with E-state index in [1.54, 1.807) is 31.1 Å². The zero-order valence-corrected chi connectivity index (χ0v) is 48.4. The summed E-state index contributed by atoms with van der Waals surface area (Å²) in [4.78, 5) is 27.6. The molecule has 0 bridgehead atoms. The Labute approximate surface area is 482 Å². The number of aldehydes is 1. The van der Waals surface area contributed by atoms with Crippen molar-refractivity contribution in [3.05, 3.63) is 117 Å². The SMILES string of the molecule is C.C.C.Cc1ncc(CBr)c2c1OC(C)(C)OC2.Cc1ncc(Cn2cnnn2)c(C=O)c1O.Cc1ncc(Cn2cnnn2)c(CO)c1O.Cc1ncc(Cn2cnnn2)c2c1OC(C)(C)OC2.[I][V][I].c1nn[nH]n1. The molecule has 8 aromatic heterocycles. The summed E-state index contributed by atoms with van der Waals surface area (Å²) in [5.74, 6) is 0.440. The minimum atomic E-state index is -0.618. The quantitative estimate of drug-likeness (QED) is 0.0685. The number of tetrazole rings is 4. The molecular formula is C45H63BrI2N20O8V. The van der Waals surface area contributed by atoms with E-state index < -0.39 is 11.6 Å². The first-order chi connectivity index (χ1) is 35.4. The Morgan fingerprint density at radius 1 is 0.662 bits per heavy atom. The van der Waals surface area contributed by atoms with Gasteiger partial charge in [-0.1, -0.05) is 43.4 Å². The zero-order chi connectivity index (χ0) is 53.8. The summed E-state index contributed by atoms with van der Waals surface area (Å²) in [6.45, 7) is 16.9. The van der Waals surface area contributed by atoms with Crippen molar-refractivity contribution < 1.29 is 48.5 Å². The van der Waals surface area contributed by atoms with E-state index in [0.29, 0.717) is 76.7 Å². The second-order valence-electron chi connectivity index (χ2n) is 16.3. The molecule has 28 nitrogen and oxygen atoms in total. The van der Waals surface area contributed by atoms with Crippen LogP contribution in [0.2, 0.25) is 0 Å². The number of nitrogens with one attached hydrogen (secondary N) is 1. The van der Waals surface area contributed by atoms with Gasteiger partial charge in [-0.15, -0.1) is 25.5 Å². The van der Waals surface area contributed by atoms with Crippen LogP contribution in [-0.4, -0.2) is 134 Å². The molecule has 0 radical (unpaired) electrons. The molecule has 0 spiro atoms. The van der Waals surface area contributed by atoms with Crippen LogP contribution in [0.15, 0.2) is 50.1 Å². The number of aromatic amines is 1. The Balaban J connectivity index is 0.000000331. The molecule has 32 heteroatoms. The molecule has 0 amide bonds. The minimum absolute atomic E-state index is 0. The molecule has 0 unspecified atom stereocenters. The van der Waals surface area contributed by atoms with Crippen LogP contribution < -0.4 is 9.47 Å². The van der Waals surface area contributed by atoms with Crippen LogP contribution in [0.4, 0.5) is 0 Å². The Kier molecular flexibility index (Phi) is 28.6. The summed E-state index contributed by atoms with van der Waals surface area (Å²) in [5, 5.41) is 73.9. The van der Waals surface area contributed by atoms with Crippen LogP contribution in [0.25, 0.3) is 0 Å². The molecule has 4 N–H and O–H groups in total. The second kappa shape index (κ2) is 32.8. The molecule has 0 saturated heterocycles. The maximum Gasteiger partial charge on any atom is 0.161 e. The molecule has 2 aliphatic heterocycles. The Hall–Kier alpha value is -5.85. The fourth-order valence-electron chi connectivity index (χ4n) is 6.55. The monoisotopic (exact) mass is 1400 g/mol. The molecule has 10 heterocycles. The largest absolute Gasteiger partial charge is 0.177 e. The number of aliphatic hydroxyl groups excluding tert-OH is 1. The van der Waals surface area contributed by atoms with Crippen LogP contribution in [0, 0.1) is 27.7 Å². The van der Waals surface area contributed by atoms with Gasteiger partial charge in [0.1, 0.15) is 42.0 Å². The molecule has 77 heavy (non-hydrogen) atoms. The fraction of sp³-hybridized carbons (Fsp3) is 0.444. The van der Waals surface area contributed by atoms with Crippen molar-refractivity contribution in [2.75, 3.05) is 0 Å². The van der Waals surface area contributed by atoms with Crippen LogP contribution in [0.1, 0.15) is 122 Å². The number of pyridine rings is 4. The number of aromatic hydroxyl groups is 2. The molecule has 0 aromatic carbocycles. The Morgan fingerprint density at radius 3 is 1.48 bits per heavy atom. The van der Waals surface area contributed by atoms with E-state index in [1.807, 2.05) is 53.9 Å². The average Bonchev–Trinajstić information content (AvgIpc) is 4.25. The Morgan fingerprint density at radius 2 is 1.08 bits per heavy atom. The van der Waals surface area contributed by atoms with Gasteiger partial charge in [0.2, 0.25) is 11.6 Å². The predicted molar refractivity (Wildman–Crippen MR) is 295 cm³/mol. The van der Waals surface area contributed by atoms with E-state index in [9.17, 15) is 20.1 Å². The smallest absolute Gasteiger partial charge is 0.161 e. The van der Waals surface area contributed by atoms with Gasteiger partial charge in [0, 0.05) is 91.2 Å². The second-order valence-corrected chi connectivity index (χ2v) is 28.7. The van der Waals surface area contributed by atoms with Crippen LogP contribution in [0.5, 0.6) is 23.0 Å². The van der Waals surface area contributed by atoms with Crippen molar-refractivity contribution in [2.45, 2.75) is 134 Å². The molecule has 2 aliphatic rings. The fourth-order valence-corrected chi connectivity index (χ4v) is 7.03. The number of aliphatic hydroxyl groups is 1. The number of carbonyl (C=O) groups excluding carboxylic acids is 1. The third-order valence-electron chi connectivity index (χ3n) is 10.3. The standard InChI is InChI=1S/C12H15N5O2.C11H14BrNO2.C9H11N5O2.C9H9N5O2.CH2N4.3CH4.2HI.V/c1-8-11-10(6-18-12(2,3)19-11)9(4-13-8)5-17-7-14-15-16-17;1-7-10-9(8(4-12)5-13-7)6-14-11(2,3)15-10;2*1-6-9(16)8(4-15)7(2-10-6)3-14-5-11-12-13-14;1-2-4-5-3-1;;;;;;/h4,7H,5-6H2,1-3H3;5H,4,6H2,1-3H3;2,5,15-16H,3-4H2,1H3;2,4-5,16H,3H2,1H3;1H,(H,2,3,4,5);3*1H4;2*1H;/q;;;;;;;;;;+2/p-2. The van der Waals surface area contributed by atoms with E-state index in [0.717, 1.165) is 50.5 Å². The molecule has 10 rings (SSSR count). The van der Waals surface area contributed by atoms with Gasteiger partial charge >= 0.3 is 49.4 Å². The minimum Gasteiger partial charge on any atom is -0.177 e. The third kappa shape index (κ3) is 19.8. The summed E-state index contributed by atoms with van der Waals surface area (Å²) in [6.07, 6.45) is 13.2. The molecule has 0 aliphatic carbocycles. The first-order valence-corrected chi connectivity index (χ1v) is 31.8. The number of hydrogen-bond donors (Lipinski definition) is 4. The molecule has 0 saturated carbocycles. The van der Waals surface area contributed by atoms with Crippen LogP contribution >= 0.6 is 55.9 Å². The number of alkyl halides is 1. The van der Waals surface area contributed by atoms with Crippen molar-refractivity contribution in [3.63, 3.8) is 0 Å². The van der Waals surface area contributed by atoms with E-state index in [2.05, 4.69) is 143 Å². The van der Waals surface area contributed by atoms with E-state index >= 15 is 0 Å². The number of nitrogens with zero attached hydrogens (tertiary/aromatic N) is 19. The van der Waals surface area contributed by atoms with E-state index in [4.69, 9.17) is 18.9 Å². The van der Waals surface area contributed by atoms with Gasteiger partial charge in [-0.25, -0.2) is 14.0 Å². The van der Waals surface area contributed by atoms with Crippen molar-refractivity contribution in [1.82, 2.24) is 101 Å². The van der Waals surface area contributed by atoms with Crippen LogP contribution in [0.3, 0.4) is 0 Å². The number of H-pyrrole nitrogens is 1. The number of halogens is 3. The van der Waals surface area contributed by atoms with Crippen molar-refractivity contribution in [2.24, 2.45) is 0 Å². The average molecular weight is 1400 g/mol. The topological polar surface area (TPSA) is 351 Å². The molecular weight excluding hydrogens is 1330 g/mol. The van der Waals surface area contributed by atoms with Crippen LogP contribution in [-0.2, 0) is 63.7 Å². The number of aryl methyl sites for hydroxylation is 4. The van der Waals surface area contributed by atoms with Crippen molar-refractivity contribution >= 4 is 62.2 Å². The number of rotatable bonds is 9. The number of ether oxygens (including phenoxy) is 4. The maximum absolute atomic E-state index is 10.9. The maximum atomic E-state index is 10.9. The van der Waals surface area contributed by atoms with Gasteiger partial charge in [-0.2, -0.15) is 5.21 Å². The number of hydrogen-bond acceptors (Lipinski definition) is 24. The number of fused-ring (bicyclic) bond motifs is 2. The summed E-state index contributed by atoms with van der Waals surface area (Å²) in [7, 11) is 0.628. The number of aromatic nitrogens is 20. The first-order valence-electron chi connectivity index (χ1n) is 21.7. The van der Waals surface area contributed by atoms with Gasteiger partial charge in [0.15, 0.2) is 12.6 Å². The van der Waals surface area contributed by atoms with Gasteiger partial charge in [0.25, 0.3) is 0 Å². The zero-order valence-electron chi connectivity index (χ0n) is 41.1. The molecule has 0 fully saturated rings. The van der Waals surface area contributed by atoms with E-state index in [1.165, 1.54) is 34.5 Å². The van der Waals surface area contributed by atoms with Gasteiger partial charge in [0.05, 0.1) is 67.8 Å². The Bertz CT molecular complexity index is 2960. The third-order valence-corrected chi connectivity index (χ3v) is 10.9. The summed E-state index contributed by atoms with van der Waals surface area (Å²) >= 11 is 8.18. The van der Waals surface area contributed by atoms with Gasteiger partial charge < -0.3 is 34.3 Å².